The maximum Gasteiger partial charge on any atom is 0.348 e. The van der Waals surface area contributed by atoms with E-state index in [1.165, 1.54) is 11.3 Å². The lowest BCUT2D eigenvalue weighted by Gasteiger charge is -2.30. The molecule has 0 aliphatic heterocycles. The van der Waals surface area contributed by atoms with E-state index in [0.29, 0.717) is 4.88 Å². The quantitative estimate of drug-likeness (QED) is 0.642. The second-order valence-corrected chi connectivity index (χ2v) is 10.4. The smallest absolute Gasteiger partial charge is 0.348 e. The van der Waals surface area contributed by atoms with Gasteiger partial charge in [0, 0.05) is 29.2 Å². The summed E-state index contributed by atoms with van der Waals surface area (Å²) >= 11 is 1.37. The molecule has 2 aromatic rings. The number of carbonyl (C=O) groups is 1. The Morgan fingerprint density at radius 1 is 1.30 bits per heavy atom. The monoisotopic (exact) mass is 431 g/mol. The Hall–Kier alpha value is -2.12. The Bertz CT molecular complexity index is 865. The van der Waals surface area contributed by atoms with Crippen LogP contribution in [0.3, 0.4) is 0 Å². The molecule has 7 heteroatoms. The number of pyridine rings is 1. The first-order valence-electron chi connectivity index (χ1n) is 10.5. The summed E-state index contributed by atoms with van der Waals surface area (Å²) in [5.74, 6) is 0.00319. The summed E-state index contributed by atoms with van der Waals surface area (Å²) in [4.78, 5) is 19.5. The van der Waals surface area contributed by atoms with Crippen LogP contribution in [0.2, 0.25) is 0 Å². The van der Waals surface area contributed by atoms with Crippen LogP contribution in [0.25, 0.3) is 0 Å². The van der Waals surface area contributed by atoms with E-state index in [2.05, 4.69) is 36.0 Å². The van der Waals surface area contributed by atoms with Crippen molar-refractivity contribution in [2.75, 3.05) is 19.4 Å². The molecule has 0 amide bonds. The minimum Gasteiger partial charge on any atom is -0.488 e. The lowest BCUT2D eigenvalue weighted by molar-refractivity contribution is 0.0703. The first-order chi connectivity index (χ1) is 14.1. The van der Waals surface area contributed by atoms with Crippen molar-refractivity contribution in [3.8, 4) is 5.75 Å². The van der Waals surface area contributed by atoms with Crippen LogP contribution in [0, 0.1) is 0 Å². The lowest BCUT2D eigenvalue weighted by atomic mass is 9.92. The van der Waals surface area contributed by atoms with Crippen molar-refractivity contribution >= 4 is 23.0 Å². The molecule has 0 bridgehead atoms. The van der Waals surface area contributed by atoms with Gasteiger partial charge in [0.15, 0.2) is 0 Å². The number of hydrogen-bond acceptors (Lipinski definition) is 6. The van der Waals surface area contributed by atoms with E-state index in [9.17, 15) is 9.90 Å². The summed E-state index contributed by atoms with van der Waals surface area (Å²) in [6, 6.07) is 4.29. The van der Waals surface area contributed by atoms with Crippen LogP contribution in [-0.4, -0.2) is 47.2 Å². The zero-order chi connectivity index (χ0) is 21.9. The highest BCUT2D eigenvalue weighted by atomic mass is 32.1. The van der Waals surface area contributed by atoms with Crippen molar-refractivity contribution in [1.82, 2.24) is 9.88 Å². The Balaban J connectivity index is 1.61. The van der Waals surface area contributed by atoms with Crippen molar-refractivity contribution in [3.05, 3.63) is 39.8 Å². The summed E-state index contributed by atoms with van der Waals surface area (Å²) in [7, 11) is 4.09. The molecule has 1 saturated carbocycles. The van der Waals surface area contributed by atoms with E-state index in [0.717, 1.165) is 54.1 Å². The molecule has 2 heterocycles. The SMILES string of the molecule is CN(C)Cc1ccncc1O[C@H]1CC[C@H](Nc2cc(C(C)(C)C)sc2C(=O)O)CC1. The predicted molar refractivity (Wildman–Crippen MR) is 122 cm³/mol. The molecule has 1 aliphatic carbocycles. The van der Waals surface area contributed by atoms with Gasteiger partial charge in [0.05, 0.1) is 18.0 Å². The number of anilines is 1. The number of aromatic carboxylic acids is 1. The van der Waals surface area contributed by atoms with Crippen LogP contribution >= 0.6 is 11.3 Å². The number of rotatable bonds is 7. The minimum absolute atomic E-state index is 0.0612. The lowest BCUT2D eigenvalue weighted by Crippen LogP contribution is -2.31. The van der Waals surface area contributed by atoms with E-state index in [1.54, 1.807) is 6.20 Å². The van der Waals surface area contributed by atoms with Gasteiger partial charge in [0.25, 0.3) is 0 Å². The number of thiophene rings is 1. The number of ether oxygens (including phenoxy) is 1. The van der Waals surface area contributed by atoms with Gasteiger partial charge in [-0.1, -0.05) is 20.8 Å². The highest BCUT2D eigenvalue weighted by Gasteiger charge is 2.27. The normalized spacial score (nSPS) is 19.7. The number of aromatic nitrogens is 1. The van der Waals surface area contributed by atoms with Crippen LogP contribution in [-0.2, 0) is 12.0 Å². The first-order valence-corrected chi connectivity index (χ1v) is 11.3. The van der Waals surface area contributed by atoms with Crippen molar-refractivity contribution in [1.29, 1.82) is 0 Å². The highest BCUT2D eigenvalue weighted by molar-refractivity contribution is 7.14. The number of carboxylic acid groups (broad SMARTS) is 1. The molecule has 0 spiro atoms. The molecule has 2 aromatic heterocycles. The summed E-state index contributed by atoms with van der Waals surface area (Å²) in [6.07, 6.45) is 7.56. The second kappa shape index (κ2) is 9.35. The number of nitrogens with one attached hydrogen (secondary N) is 1. The average Bonchev–Trinajstić information content (AvgIpc) is 3.09. The van der Waals surface area contributed by atoms with Crippen LogP contribution in [0.4, 0.5) is 5.69 Å². The van der Waals surface area contributed by atoms with E-state index < -0.39 is 5.97 Å². The fourth-order valence-corrected chi connectivity index (χ4v) is 4.76. The molecular formula is C23H33N3O3S. The van der Waals surface area contributed by atoms with E-state index in [4.69, 9.17) is 4.74 Å². The molecule has 0 radical (unpaired) electrons. The largest absolute Gasteiger partial charge is 0.488 e. The maximum atomic E-state index is 11.7. The Kier molecular flexibility index (Phi) is 7.03. The fourth-order valence-electron chi connectivity index (χ4n) is 3.74. The highest BCUT2D eigenvalue weighted by Crippen LogP contribution is 2.37. The van der Waals surface area contributed by atoms with Gasteiger partial charge in [-0.3, -0.25) is 4.98 Å². The second-order valence-electron chi connectivity index (χ2n) is 9.37. The first kappa shape index (κ1) is 22.6. The van der Waals surface area contributed by atoms with Crippen LogP contribution in [0.15, 0.2) is 24.5 Å². The summed E-state index contributed by atoms with van der Waals surface area (Å²) in [5, 5.41) is 13.1. The fraction of sp³-hybridized carbons (Fsp3) is 0.565. The average molecular weight is 432 g/mol. The summed E-state index contributed by atoms with van der Waals surface area (Å²) in [6.45, 7) is 7.15. The van der Waals surface area contributed by atoms with Crippen molar-refractivity contribution in [2.45, 2.75) is 70.6 Å². The van der Waals surface area contributed by atoms with Gasteiger partial charge >= 0.3 is 5.97 Å². The van der Waals surface area contributed by atoms with E-state index in [-0.39, 0.29) is 17.6 Å². The molecule has 0 unspecified atom stereocenters. The number of carboxylic acids is 1. The van der Waals surface area contributed by atoms with Crippen molar-refractivity contribution in [3.63, 3.8) is 0 Å². The molecule has 1 fully saturated rings. The molecular weight excluding hydrogens is 398 g/mol. The van der Waals surface area contributed by atoms with Crippen LogP contribution in [0.5, 0.6) is 5.75 Å². The summed E-state index contributed by atoms with van der Waals surface area (Å²) in [5.41, 5.74) is 1.84. The van der Waals surface area contributed by atoms with Gasteiger partial charge in [-0.25, -0.2) is 4.79 Å². The van der Waals surface area contributed by atoms with Gasteiger partial charge in [-0.2, -0.15) is 0 Å². The molecule has 3 rings (SSSR count). The number of hydrogen-bond donors (Lipinski definition) is 2. The van der Waals surface area contributed by atoms with Gasteiger partial charge in [0.1, 0.15) is 10.6 Å². The molecule has 30 heavy (non-hydrogen) atoms. The third-order valence-corrected chi connectivity index (χ3v) is 6.90. The Morgan fingerprint density at radius 3 is 2.60 bits per heavy atom. The maximum absolute atomic E-state index is 11.7. The van der Waals surface area contributed by atoms with Crippen molar-refractivity contribution < 1.29 is 14.6 Å². The van der Waals surface area contributed by atoms with Crippen LogP contribution < -0.4 is 10.1 Å². The molecule has 164 valence electrons. The van der Waals surface area contributed by atoms with E-state index in [1.807, 2.05) is 32.4 Å². The van der Waals surface area contributed by atoms with Gasteiger partial charge in [-0.15, -0.1) is 11.3 Å². The zero-order valence-electron chi connectivity index (χ0n) is 18.6. The standard InChI is InChI=1S/C23H33N3O3S/c1-23(2,3)20-12-18(21(30-20)22(27)28)25-16-6-8-17(9-7-16)29-19-13-24-11-10-15(19)14-26(4)5/h10-13,16-17,25H,6-9,14H2,1-5H3,(H,27,28)/t16-,17-. The van der Waals surface area contributed by atoms with Gasteiger partial charge in [0.2, 0.25) is 0 Å². The van der Waals surface area contributed by atoms with E-state index >= 15 is 0 Å². The third kappa shape index (κ3) is 5.73. The predicted octanol–water partition coefficient (Wildman–Crippen LogP) is 5.00. The zero-order valence-corrected chi connectivity index (χ0v) is 19.4. The molecule has 0 aromatic carbocycles. The molecule has 0 atom stereocenters. The van der Waals surface area contributed by atoms with Gasteiger partial charge < -0.3 is 20.1 Å². The Morgan fingerprint density at radius 2 is 2.00 bits per heavy atom. The number of nitrogens with zero attached hydrogens (tertiary/aromatic N) is 2. The third-order valence-electron chi connectivity index (χ3n) is 5.35. The Labute approximate surface area is 183 Å². The van der Waals surface area contributed by atoms with Crippen molar-refractivity contribution in [2.24, 2.45) is 0 Å². The minimum atomic E-state index is -0.861. The molecule has 6 nitrogen and oxygen atoms in total. The van der Waals surface area contributed by atoms with Gasteiger partial charge in [-0.05, 0) is 57.3 Å². The molecule has 2 N–H and O–H groups in total. The molecule has 0 saturated heterocycles. The molecule has 1 aliphatic rings. The topological polar surface area (TPSA) is 74.7 Å². The summed E-state index contributed by atoms with van der Waals surface area (Å²) < 4.78 is 6.29. The van der Waals surface area contributed by atoms with Crippen LogP contribution in [0.1, 0.15) is 66.6 Å².